The van der Waals surface area contributed by atoms with Gasteiger partial charge in [-0.25, -0.2) is 4.99 Å². The highest BCUT2D eigenvalue weighted by Gasteiger charge is 2.14. The molecule has 0 N–H and O–H groups in total. The number of hydrogen-bond acceptors (Lipinski definition) is 7. The first-order valence-electron chi connectivity index (χ1n) is 10.1. The van der Waals surface area contributed by atoms with E-state index in [1.54, 1.807) is 34.8 Å². The normalized spacial score (nSPS) is 11.2. The lowest BCUT2D eigenvalue weighted by molar-refractivity contribution is -0.384. The third kappa shape index (κ3) is 5.34. The summed E-state index contributed by atoms with van der Waals surface area (Å²) >= 11 is 3.17. The second kappa shape index (κ2) is 9.77. The first-order valence-corrected chi connectivity index (χ1v) is 11.7. The molecule has 0 saturated heterocycles. The summed E-state index contributed by atoms with van der Waals surface area (Å²) < 4.78 is 0.909. The minimum Gasteiger partial charge on any atom is -0.368 e. The van der Waals surface area contributed by atoms with Crippen LogP contribution in [0.5, 0.6) is 0 Å². The van der Waals surface area contributed by atoms with Gasteiger partial charge in [0.15, 0.2) is 3.98 Å². The Morgan fingerprint density at radius 1 is 0.939 bits per heavy atom. The van der Waals surface area contributed by atoms with Crippen LogP contribution >= 0.6 is 22.7 Å². The molecule has 0 atom stereocenters. The van der Waals surface area contributed by atoms with Crippen LogP contribution in [0.3, 0.4) is 0 Å². The molecule has 0 bridgehead atoms. The van der Waals surface area contributed by atoms with Crippen molar-refractivity contribution < 1.29 is 4.92 Å². The molecule has 0 amide bonds. The van der Waals surface area contributed by atoms with Crippen molar-refractivity contribution in [3.63, 3.8) is 0 Å². The fourth-order valence-corrected chi connectivity index (χ4v) is 5.73. The molecule has 0 spiro atoms. The third-order valence-corrected chi connectivity index (χ3v) is 7.52. The van der Waals surface area contributed by atoms with E-state index in [1.807, 2.05) is 55.4 Å². The average Bonchev–Trinajstić information content (AvgIpc) is 3.25. The number of non-ortho nitro benzene ring substituents is 1. The smallest absolute Gasteiger partial charge is 0.269 e. The van der Waals surface area contributed by atoms with Gasteiger partial charge in [0.25, 0.3) is 5.69 Å². The van der Waals surface area contributed by atoms with Gasteiger partial charge in [-0.05, 0) is 59.5 Å². The van der Waals surface area contributed by atoms with Gasteiger partial charge < -0.3 is 4.90 Å². The highest BCUT2D eigenvalue weighted by atomic mass is 32.2. The van der Waals surface area contributed by atoms with Crippen molar-refractivity contribution in [1.82, 2.24) is 0 Å². The molecular weight excluding hydrogens is 452 g/mol. The molecule has 6 nitrogen and oxygen atoms in total. The van der Waals surface area contributed by atoms with E-state index in [9.17, 15) is 10.1 Å². The van der Waals surface area contributed by atoms with Gasteiger partial charge in [0, 0.05) is 26.2 Å². The predicted octanol–water partition coefficient (Wildman–Crippen LogP) is 6.15. The van der Waals surface area contributed by atoms with Crippen LogP contribution < -0.4 is 8.88 Å². The Kier molecular flexibility index (Phi) is 6.63. The van der Waals surface area contributed by atoms with Crippen LogP contribution in [0.25, 0.3) is 10.4 Å². The Hall–Kier alpha value is -3.80. The number of nitriles is 1. The third-order valence-electron chi connectivity index (χ3n) is 4.96. The summed E-state index contributed by atoms with van der Waals surface area (Å²) in [6.07, 6.45) is 0.794. The quantitative estimate of drug-likeness (QED) is 0.249. The summed E-state index contributed by atoms with van der Waals surface area (Å²) in [6.45, 7) is 0. The van der Waals surface area contributed by atoms with Gasteiger partial charge >= 0.3 is 0 Å². The molecule has 1 aromatic heterocycles. The highest BCUT2D eigenvalue weighted by Crippen LogP contribution is 2.37. The molecule has 4 rings (SSSR count). The van der Waals surface area contributed by atoms with E-state index in [4.69, 9.17) is 10.3 Å². The van der Waals surface area contributed by atoms with E-state index < -0.39 is 0 Å². The summed E-state index contributed by atoms with van der Waals surface area (Å²) in [4.78, 5) is 18.5. The lowest BCUT2D eigenvalue weighted by atomic mass is 10.0. The Labute approximate surface area is 199 Å². The lowest BCUT2D eigenvalue weighted by Gasteiger charge is -2.11. The van der Waals surface area contributed by atoms with E-state index in [-0.39, 0.29) is 10.6 Å². The predicted molar refractivity (Wildman–Crippen MR) is 134 cm³/mol. The van der Waals surface area contributed by atoms with Gasteiger partial charge in [0.1, 0.15) is 5.00 Å². The Balaban J connectivity index is 1.58. The van der Waals surface area contributed by atoms with Crippen molar-refractivity contribution >= 4 is 39.0 Å². The second-order valence-electron chi connectivity index (χ2n) is 7.57. The zero-order valence-electron chi connectivity index (χ0n) is 18.1. The van der Waals surface area contributed by atoms with Crippen molar-refractivity contribution in [3.8, 4) is 16.5 Å². The number of nitrogens with zero attached hydrogens (tertiary/aromatic N) is 4. The summed E-state index contributed by atoms with van der Waals surface area (Å²) in [6, 6.07) is 24.5. The van der Waals surface area contributed by atoms with Crippen molar-refractivity contribution in [1.29, 1.82) is 5.26 Å². The van der Waals surface area contributed by atoms with E-state index in [0.717, 1.165) is 37.1 Å². The molecule has 8 heteroatoms. The SMILES string of the molecule is CN(C)c1sc(=Nc2ccc(Cc3ccc(C#N)cc3)cc2)sc1-c1ccc([N+](=O)[O-])cc1. The van der Waals surface area contributed by atoms with Gasteiger partial charge in [-0.3, -0.25) is 10.1 Å². The molecule has 164 valence electrons. The van der Waals surface area contributed by atoms with Crippen LogP contribution in [-0.2, 0) is 6.42 Å². The van der Waals surface area contributed by atoms with Gasteiger partial charge in [-0.1, -0.05) is 35.6 Å². The van der Waals surface area contributed by atoms with E-state index >= 15 is 0 Å². The van der Waals surface area contributed by atoms with Crippen molar-refractivity contribution in [2.45, 2.75) is 6.42 Å². The Morgan fingerprint density at radius 2 is 1.55 bits per heavy atom. The van der Waals surface area contributed by atoms with Gasteiger partial charge in [-0.15, -0.1) is 11.3 Å². The molecule has 4 aromatic rings. The zero-order chi connectivity index (χ0) is 23.4. The maximum Gasteiger partial charge on any atom is 0.269 e. The Morgan fingerprint density at radius 3 is 2.09 bits per heavy atom. The maximum atomic E-state index is 11.0. The first-order chi connectivity index (χ1) is 15.9. The first kappa shape index (κ1) is 22.4. The number of nitro benzene ring substituents is 1. The monoisotopic (exact) mass is 472 g/mol. The topological polar surface area (TPSA) is 82.5 Å². The molecular formula is C25H20N4O2S2. The lowest BCUT2D eigenvalue weighted by Crippen LogP contribution is -2.07. The number of nitro groups is 1. The largest absolute Gasteiger partial charge is 0.368 e. The summed E-state index contributed by atoms with van der Waals surface area (Å²) in [5.41, 5.74) is 4.88. The van der Waals surface area contributed by atoms with E-state index in [1.165, 1.54) is 17.7 Å². The Bertz CT molecular complexity index is 1380. The fraction of sp³-hybridized carbons (Fsp3) is 0.120. The standard InChI is InChI=1S/C25H20N4O2S2/c1-28(2)24-23(20-9-13-22(14-10-20)29(30)31)32-25(33-24)27-21-11-7-18(8-12-21)15-17-3-5-19(16-26)6-4-17/h3-14H,15H2,1-2H3. The van der Waals surface area contributed by atoms with E-state index in [0.29, 0.717) is 5.56 Å². The van der Waals surface area contributed by atoms with Gasteiger partial charge in [-0.2, -0.15) is 5.26 Å². The van der Waals surface area contributed by atoms with E-state index in [2.05, 4.69) is 18.2 Å². The van der Waals surface area contributed by atoms with Crippen molar-refractivity contribution in [2.24, 2.45) is 4.99 Å². The number of hydrogen-bond donors (Lipinski definition) is 0. The van der Waals surface area contributed by atoms with Crippen LogP contribution in [0, 0.1) is 21.4 Å². The van der Waals surface area contributed by atoms with Crippen LogP contribution in [0.1, 0.15) is 16.7 Å². The summed E-state index contributed by atoms with van der Waals surface area (Å²) in [5.74, 6) is 0. The highest BCUT2D eigenvalue weighted by molar-refractivity contribution is 7.32. The molecule has 0 aliphatic carbocycles. The molecule has 0 radical (unpaired) electrons. The van der Waals surface area contributed by atoms with Gasteiger partial charge in [0.2, 0.25) is 0 Å². The van der Waals surface area contributed by atoms with Crippen LogP contribution in [-0.4, -0.2) is 19.0 Å². The minimum atomic E-state index is -0.389. The molecule has 0 aliphatic rings. The maximum absolute atomic E-state index is 11.0. The number of benzene rings is 3. The molecule has 3 aromatic carbocycles. The molecule has 0 aliphatic heterocycles. The summed E-state index contributed by atoms with van der Waals surface area (Å²) in [5, 5.41) is 20.9. The number of rotatable bonds is 6. The van der Waals surface area contributed by atoms with Crippen molar-refractivity contribution in [3.05, 3.63) is 104 Å². The minimum absolute atomic E-state index is 0.0800. The molecule has 33 heavy (non-hydrogen) atoms. The van der Waals surface area contributed by atoms with Crippen LogP contribution in [0.2, 0.25) is 0 Å². The molecule has 0 saturated carbocycles. The van der Waals surface area contributed by atoms with Crippen LogP contribution in [0.15, 0.2) is 77.8 Å². The van der Waals surface area contributed by atoms with Crippen molar-refractivity contribution in [2.75, 3.05) is 19.0 Å². The van der Waals surface area contributed by atoms with Crippen LogP contribution in [0.4, 0.5) is 16.4 Å². The second-order valence-corrected chi connectivity index (χ2v) is 9.80. The molecule has 1 heterocycles. The zero-order valence-corrected chi connectivity index (χ0v) is 19.7. The average molecular weight is 473 g/mol. The van der Waals surface area contributed by atoms with Gasteiger partial charge in [0.05, 0.1) is 27.1 Å². The fourth-order valence-electron chi connectivity index (χ4n) is 3.26. The molecule has 0 fully saturated rings. The summed E-state index contributed by atoms with van der Waals surface area (Å²) in [7, 11) is 3.96. The molecule has 0 unspecified atom stereocenters. The number of anilines is 1.